The van der Waals surface area contributed by atoms with Gasteiger partial charge in [0, 0.05) is 18.6 Å². The van der Waals surface area contributed by atoms with E-state index in [0.717, 1.165) is 12.0 Å². The topological polar surface area (TPSA) is 55.5 Å². The van der Waals surface area contributed by atoms with Gasteiger partial charge in [0.2, 0.25) is 0 Å². The summed E-state index contributed by atoms with van der Waals surface area (Å²) in [7, 11) is 0. The average Bonchev–Trinajstić information content (AvgIpc) is 2.82. The first kappa shape index (κ1) is 13.5. The monoisotopic (exact) mass is 249 g/mol. The van der Waals surface area contributed by atoms with Gasteiger partial charge in [0.05, 0.1) is 12.2 Å². The third-order valence-corrected chi connectivity index (χ3v) is 4.60. The summed E-state index contributed by atoms with van der Waals surface area (Å²) in [6, 6.07) is 6.11. The molecule has 0 saturated carbocycles. The molecule has 0 amide bonds. The summed E-state index contributed by atoms with van der Waals surface area (Å²) in [4.78, 5) is 0. The molecule has 3 nitrogen and oxygen atoms in total. The van der Waals surface area contributed by atoms with Crippen molar-refractivity contribution in [1.29, 1.82) is 0 Å². The van der Waals surface area contributed by atoms with Crippen molar-refractivity contribution in [3.63, 3.8) is 0 Å². The van der Waals surface area contributed by atoms with Gasteiger partial charge in [0.1, 0.15) is 0 Å². The molecule has 100 valence electrons. The fourth-order valence-corrected chi connectivity index (χ4v) is 2.70. The molecule has 0 radical (unpaired) electrons. The molecule has 0 bridgehead atoms. The lowest BCUT2D eigenvalue weighted by atomic mass is 9.68. The van der Waals surface area contributed by atoms with E-state index >= 15 is 0 Å². The lowest BCUT2D eigenvalue weighted by Crippen LogP contribution is -2.49. The van der Waals surface area contributed by atoms with Crippen molar-refractivity contribution in [2.75, 3.05) is 19.8 Å². The predicted molar refractivity (Wildman–Crippen MR) is 72.4 cm³/mol. The van der Waals surface area contributed by atoms with Crippen molar-refractivity contribution in [2.45, 2.75) is 32.8 Å². The second-order valence-electron chi connectivity index (χ2n) is 5.66. The normalized spacial score (nSPS) is 27.2. The third kappa shape index (κ3) is 1.96. The first-order valence-electron chi connectivity index (χ1n) is 6.51. The summed E-state index contributed by atoms with van der Waals surface area (Å²) in [6.45, 7) is 7.65. The number of aliphatic hydroxyl groups is 1. The maximum Gasteiger partial charge on any atom is 0.0959 e. The maximum atomic E-state index is 11.0. The molecule has 1 aromatic rings. The Morgan fingerprint density at radius 1 is 1.39 bits per heavy atom. The van der Waals surface area contributed by atoms with Gasteiger partial charge >= 0.3 is 0 Å². The van der Waals surface area contributed by atoms with Crippen molar-refractivity contribution in [2.24, 2.45) is 11.1 Å². The van der Waals surface area contributed by atoms with Gasteiger partial charge in [-0.15, -0.1) is 0 Å². The average molecular weight is 249 g/mol. The highest BCUT2D eigenvalue weighted by Gasteiger charge is 2.49. The minimum absolute atomic E-state index is 0.366. The summed E-state index contributed by atoms with van der Waals surface area (Å²) in [5, 5.41) is 11.0. The molecule has 3 N–H and O–H groups in total. The Hall–Kier alpha value is -0.900. The summed E-state index contributed by atoms with van der Waals surface area (Å²) in [5.41, 5.74) is 7.97. The third-order valence-electron chi connectivity index (χ3n) is 4.60. The van der Waals surface area contributed by atoms with E-state index in [-0.39, 0.29) is 5.41 Å². The van der Waals surface area contributed by atoms with Gasteiger partial charge < -0.3 is 15.6 Å². The Bertz CT molecular complexity index is 434. The van der Waals surface area contributed by atoms with Crippen LogP contribution in [0.1, 0.15) is 30.0 Å². The number of rotatable bonds is 3. The first-order valence-corrected chi connectivity index (χ1v) is 6.51. The molecule has 2 rings (SSSR count). The lowest BCUT2D eigenvalue weighted by Gasteiger charge is -2.41. The van der Waals surface area contributed by atoms with Crippen LogP contribution < -0.4 is 5.73 Å². The Morgan fingerprint density at radius 3 is 2.61 bits per heavy atom. The predicted octanol–water partition coefficient (Wildman–Crippen LogP) is 1.88. The quantitative estimate of drug-likeness (QED) is 0.860. The lowest BCUT2D eigenvalue weighted by molar-refractivity contribution is -0.0747. The minimum Gasteiger partial charge on any atom is -0.385 e. The first-order chi connectivity index (χ1) is 8.43. The van der Waals surface area contributed by atoms with Gasteiger partial charge in [-0.25, -0.2) is 0 Å². The second kappa shape index (κ2) is 4.65. The van der Waals surface area contributed by atoms with Crippen molar-refractivity contribution >= 4 is 0 Å². The number of ether oxygens (including phenoxy) is 1. The van der Waals surface area contributed by atoms with Gasteiger partial charge in [0.15, 0.2) is 0 Å². The van der Waals surface area contributed by atoms with E-state index in [1.807, 2.05) is 13.0 Å². The van der Waals surface area contributed by atoms with Gasteiger partial charge in [-0.2, -0.15) is 0 Å². The summed E-state index contributed by atoms with van der Waals surface area (Å²) in [6.07, 6.45) is 0.809. The van der Waals surface area contributed by atoms with Crippen LogP contribution in [-0.4, -0.2) is 24.9 Å². The minimum atomic E-state index is -0.948. The van der Waals surface area contributed by atoms with Gasteiger partial charge in [-0.3, -0.25) is 0 Å². The number of hydrogen-bond donors (Lipinski definition) is 2. The van der Waals surface area contributed by atoms with E-state index in [1.165, 1.54) is 11.1 Å². The van der Waals surface area contributed by atoms with E-state index in [2.05, 4.69) is 26.0 Å². The van der Waals surface area contributed by atoms with Crippen LogP contribution in [0, 0.1) is 19.3 Å². The number of aryl methyl sites for hydroxylation is 2. The van der Waals surface area contributed by atoms with Crippen molar-refractivity contribution in [3.8, 4) is 0 Å². The summed E-state index contributed by atoms with van der Waals surface area (Å²) >= 11 is 0. The molecular weight excluding hydrogens is 226 g/mol. The molecule has 0 spiro atoms. The van der Waals surface area contributed by atoms with Gasteiger partial charge in [-0.05, 0) is 43.9 Å². The molecule has 2 atom stereocenters. The zero-order valence-corrected chi connectivity index (χ0v) is 11.5. The fraction of sp³-hybridized carbons (Fsp3) is 0.600. The molecule has 3 heteroatoms. The van der Waals surface area contributed by atoms with Crippen LogP contribution in [0.15, 0.2) is 18.2 Å². The smallest absolute Gasteiger partial charge is 0.0959 e. The molecule has 1 aromatic carbocycles. The maximum absolute atomic E-state index is 11.0. The van der Waals surface area contributed by atoms with Crippen LogP contribution >= 0.6 is 0 Å². The van der Waals surface area contributed by atoms with Crippen molar-refractivity contribution in [3.05, 3.63) is 34.9 Å². The molecule has 0 aromatic heterocycles. The molecule has 2 unspecified atom stereocenters. The number of hydrogen-bond acceptors (Lipinski definition) is 3. The molecule has 1 fully saturated rings. The van der Waals surface area contributed by atoms with Crippen LogP contribution in [0.2, 0.25) is 0 Å². The van der Waals surface area contributed by atoms with Crippen LogP contribution in [0.3, 0.4) is 0 Å². The molecule has 18 heavy (non-hydrogen) atoms. The highest BCUT2D eigenvalue weighted by Crippen LogP contribution is 2.45. The summed E-state index contributed by atoms with van der Waals surface area (Å²) < 4.78 is 5.47. The van der Waals surface area contributed by atoms with Crippen LogP contribution in [0.25, 0.3) is 0 Å². The highest BCUT2D eigenvalue weighted by molar-refractivity contribution is 5.34. The van der Waals surface area contributed by atoms with Crippen LogP contribution in [-0.2, 0) is 10.3 Å². The molecule has 0 aliphatic carbocycles. The van der Waals surface area contributed by atoms with E-state index in [4.69, 9.17) is 10.5 Å². The van der Waals surface area contributed by atoms with Crippen LogP contribution in [0.4, 0.5) is 0 Å². The van der Waals surface area contributed by atoms with E-state index in [0.29, 0.717) is 19.8 Å². The van der Waals surface area contributed by atoms with Crippen molar-refractivity contribution < 1.29 is 9.84 Å². The van der Waals surface area contributed by atoms with Crippen LogP contribution in [0.5, 0.6) is 0 Å². The summed E-state index contributed by atoms with van der Waals surface area (Å²) in [5.74, 6) is 0. The molecule has 1 heterocycles. The highest BCUT2D eigenvalue weighted by atomic mass is 16.5. The standard InChI is InChI=1S/C15H23NO2/c1-11-4-5-13(8-12(11)2)14(3,17)15(9-16)6-7-18-10-15/h4-5,8,17H,6-7,9-10,16H2,1-3H3. The van der Waals surface area contributed by atoms with E-state index in [9.17, 15) is 5.11 Å². The second-order valence-corrected chi connectivity index (χ2v) is 5.66. The van der Waals surface area contributed by atoms with Gasteiger partial charge in [0.25, 0.3) is 0 Å². The van der Waals surface area contributed by atoms with E-state index < -0.39 is 5.60 Å². The van der Waals surface area contributed by atoms with E-state index in [1.54, 1.807) is 0 Å². The van der Waals surface area contributed by atoms with Gasteiger partial charge in [-0.1, -0.05) is 18.2 Å². The van der Waals surface area contributed by atoms with Crippen molar-refractivity contribution in [1.82, 2.24) is 0 Å². The Morgan fingerprint density at radius 2 is 2.11 bits per heavy atom. The molecular formula is C15H23NO2. The Kier molecular flexibility index (Phi) is 3.49. The molecule has 1 aliphatic rings. The SMILES string of the molecule is Cc1ccc(C(C)(O)C2(CN)CCOC2)cc1C. The largest absolute Gasteiger partial charge is 0.385 e. The fourth-order valence-electron chi connectivity index (χ4n) is 2.70. The zero-order valence-electron chi connectivity index (χ0n) is 11.5. The zero-order chi connectivity index (χ0) is 13.4. The number of benzene rings is 1. The molecule has 1 aliphatic heterocycles. The number of nitrogens with two attached hydrogens (primary N) is 1. The Labute approximate surface area is 109 Å². The Balaban J connectivity index is 2.42. The molecule has 1 saturated heterocycles.